The standard InChI is InChI=1S/C6H13NS.C2H6/c1-6(2)7-4-3-5-8;1-2/h8H,3-5H2,1-2H3;1-2H3. The lowest BCUT2D eigenvalue weighted by Crippen LogP contribution is -1.86. The van der Waals surface area contributed by atoms with Gasteiger partial charge in [-0.05, 0) is 26.0 Å². The second kappa shape index (κ2) is 11.8. The zero-order chi connectivity index (χ0) is 8.41. The molecule has 0 aromatic carbocycles. The number of thiol groups is 1. The number of aliphatic imine (C=N–C) groups is 1. The van der Waals surface area contributed by atoms with Crippen LogP contribution in [0.25, 0.3) is 0 Å². The van der Waals surface area contributed by atoms with E-state index in [0.29, 0.717) is 0 Å². The van der Waals surface area contributed by atoms with E-state index in [0.717, 1.165) is 24.4 Å². The Balaban J connectivity index is 0. The van der Waals surface area contributed by atoms with Crippen LogP contribution in [0.5, 0.6) is 0 Å². The van der Waals surface area contributed by atoms with E-state index in [1.54, 1.807) is 0 Å². The molecule has 0 rings (SSSR count). The minimum atomic E-state index is 0.936. The molecule has 0 aliphatic carbocycles. The highest BCUT2D eigenvalue weighted by Gasteiger charge is 1.78. The van der Waals surface area contributed by atoms with E-state index < -0.39 is 0 Å². The van der Waals surface area contributed by atoms with Crippen molar-refractivity contribution in [2.75, 3.05) is 12.3 Å². The van der Waals surface area contributed by atoms with Crippen LogP contribution in [-0.2, 0) is 0 Å². The molecule has 2 heteroatoms. The van der Waals surface area contributed by atoms with Crippen LogP contribution < -0.4 is 0 Å². The lowest BCUT2D eigenvalue weighted by Gasteiger charge is -1.89. The van der Waals surface area contributed by atoms with Crippen LogP contribution in [0.2, 0.25) is 0 Å². The summed E-state index contributed by atoms with van der Waals surface area (Å²) < 4.78 is 0. The van der Waals surface area contributed by atoms with Crippen molar-refractivity contribution in [1.29, 1.82) is 0 Å². The fourth-order valence-electron chi connectivity index (χ4n) is 0.373. The van der Waals surface area contributed by atoms with Gasteiger partial charge in [-0.25, -0.2) is 0 Å². The largest absolute Gasteiger partial charge is 0.295 e. The maximum Gasteiger partial charge on any atom is 0.0396 e. The molecule has 0 fully saturated rings. The van der Waals surface area contributed by atoms with Crippen molar-refractivity contribution in [2.24, 2.45) is 4.99 Å². The van der Waals surface area contributed by atoms with Crippen LogP contribution in [0, 0.1) is 0 Å². The average Bonchev–Trinajstić information content (AvgIpc) is 1.92. The van der Waals surface area contributed by atoms with E-state index in [9.17, 15) is 0 Å². The average molecular weight is 161 g/mol. The zero-order valence-electron chi connectivity index (χ0n) is 7.52. The number of hydrogen-bond acceptors (Lipinski definition) is 2. The molecular weight excluding hydrogens is 142 g/mol. The van der Waals surface area contributed by atoms with Gasteiger partial charge in [-0.1, -0.05) is 13.8 Å². The molecule has 0 aromatic heterocycles. The van der Waals surface area contributed by atoms with Gasteiger partial charge < -0.3 is 0 Å². The van der Waals surface area contributed by atoms with Gasteiger partial charge in [0.25, 0.3) is 0 Å². The third-order valence-corrected chi connectivity index (χ3v) is 1.06. The number of rotatable bonds is 3. The van der Waals surface area contributed by atoms with E-state index in [4.69, 9.17) is 0 Å². The molecule has 0 spiro atoms. The van der Waals surface area contributed by atoms with Crippen molar-refractivity contribution in [1.82, 2.24) is 0 Å². The minimum Gasteiger partial charge on any atom is -0.295 e. The van der Waals surface area contributed by atoms with Crippen LogP contribution >= 0.6 is 12.6 Å². The van der Waals surface area contributed by atoms with E-state index in [1.165, 1.54) is 0 Å². The fraction of sp³-hybridized carbons (Fsp3) is 0.875. The molecule has 0 radical (unpaired) electrons. The summed E-state index contributed by atoms with van der Waals surface area (Å²) in [6.45, 7) is 8.96. The molecule has 0 atom stereocenters. The van der Waals surface area contributed by atoms with Gasteiger partial charge in [0.05, 0.1) is 0 Å². The Bertz CT molecular complexity index is 75.3. The molecule has 0 aromatic rings. The fourth-order valence-corrected chi connectivity index (χ4v) is 0.515. The topological polar surface area (TPSA) is 12.4 Å². The van der Waals surface area contributed by atoms with E-state index in [-0.39, 0.29) is 0 Å². The third kappa shape index (κ3) is 15.7. The predicted octanol–water partition coefficient (Wildman–Crippen LogP) is 2.81. The monoisotopic (exact) mass is 161 g/mol. The molecule has 1 nitrogen and oxygen atoms in total. The van der Waals surface area contributed by atoms with Crippen molar-refractivity contribution in [2.45, 2.75) is 34.1 Å². The summed E-state index contributed by atoms with van der Waals surface area (Å²) in [5.74, 6) is 0.941. The molecule has 0 amide bonds. The quantitative estimate of drug-likeness (QED) is 0.371. The number of nitrogens with zero attached hydrogens (tertiary/aromatic N) is 1. The lowest BCUT2D eigenvalue weighted by molar-refractivity contribution is 0.944. The summed E-state index contributed by atoms with van der Waals surface area (Å²) in [4.78, 5) is 4.18. The van der Waals surface area contributed by atoms with Gasteiger partial charge in [0.2, 0.25) is 0 Å². The van der Waals surface area contributed by atoms with Crippen LogP contribution in [0.1, 0.15) is 34.1 Å². The highest BCUT2D eigenvalue weighted by molar-refractivity contribution is 7.80. The van der Waals surface area contributed by atoms with Gasteiger partial charge in [-0.2, -0.15) is 12.6 Å². The highest BCUT2D eigenvalue weighted by atomic mass is 32.1. The molecule has 10 heavy (non-hydrogen) atoms. The molecule has 0 aliphatic heterocycles. The smallest absolute Gasteiger partial charge is 0.0396 e. The predicted molar refractivity (Wildman–Crippen MR) is 53.5 cm³/mol. The molecule has 0 N–H and O–H groups in total. The first-order chi connectivity index (χ1) is 4.77. The molecule has 0 unspecified atom stereocenters. The Morgan fingerprint density at radius 2 is 1.80 bits per heavy atom. The molecule has 0 saturated heterocycles. The summed E-state index contributed by atoms with van der Waals surface area (Å²) >= 11 is 4.05. The Kier molecular flexibility index (Phi) is 14.9. The minimum absolute atomic E-state index is 0.936. The van der Waals surface area contributed by atoms with Gasteiger partial charge in [0, 0.05) is 12.3 Å². The summed E-state index contributed by atoms with van der Waals surface area (Å²) in [5, 5.41) is 0. The first-order valence-electron chi connectivity index (χ1n) is 3.86. The molecule has 0 aliphatic rings. The Labute approximate surface area is 70.4 Å². The van der Waals surface area contributed by atoms with Crippen molar-refractivity contribution in [3.8, 4) is 0 Å². The maximum atomic E-state index is 4.18. The maximum absolute atomic E-state index is 4.18. The highest BCUT2D eigenvalue weighted by Crippen LogP contribution is 1.84. The van der Waals surface area contributed by atoms with E-state index in [1.807, 2.05) is 27.7 Å². The number of hydrogen-bond donors (Lipinski definition) is 1. The van der Waals surface area contributed by atoms with Crippen molar-refractivity contribution in [3.63, 3.8) is 0 Å². The lowest BCUT2D eigenvalue weighted by atomic mass is 10.4. The molecular formula is C8H19NS. The van der Waals surface area contributed by atoms with E-state index in [2.05, 4.69) is 17.6 Å². The molecule has 0 heterocycles. The molecule has 0 saturated carbocycles. The summed E-state index contributed by atoms with van der Waals surface area (Å²) in [6, 6.07) is 0. The van der Waals surface area contributed by atoms with Gasteiger partial charge in [-0.15, -0.1) is 0 Å². The second-order valence-corrected chi connectivity index (χ2v) is 2.35. The van der Waals surface area contributed by atoms with Gasteiger partial charge >= 0.3 is 0 Å². The summed E-state index contributed by atoms with van der Waals surface area (Å²) in [5.41, 5.74) is 1.16. The SMILES string of the molecule is CC.CC(C)=NCCCS. The zero-order valence-corrected chi connectivity index (χ0v) is 8.41. The Hall–Kier alpha value is 0.0200. The summed E-state index contributed by atoms with van der Waals surface area (Å²) in [6.07, 6.45) is 1.09. The van der Waals surface area contributed by atoms with Crippen LogP contribution in [-0.4, -0.2) is 18.0 Å². The van der Waals surface area contributed by atoms with Gasteiger partial charge in [-0.3, -0.25) is 4.99 Å². The summed E-state index contributed by atoms with van der Waals surface area (Å²) in [7, 11) is 0. The van der Waals surface area contributed by atoms with Crippen LogP contribution in [0.15, 0.2) is 4.99 Å². The third-order valence-electron chi connectivity index (χ3n) is 0.744. The van der Waals surface area contributed by atoms with Crippen molar-refractivity contribution < 1.29 is 0 Å². The first kappa shape index (κ1) is 12.7. The van der Waals surface area contributed by atoms with Gasteiger partial charge in [0.15, 0.2) is 0 Å². The Morgan fingerprint density at radius 1 is 1.30 bits per heavy atom. The first-order valence-corrected chi connectivity index (χ1v) is 4.49. The second-order valence-electron chi connectivity index (χ2n) is 1.91. The normalized spacial score (nSPS) is 7.70. The van der Waals surface area contributed by atoms with Crippen molar-refractivity contribution in [3.05, 3.63) is 0 Å². The van der Waals surface area contributed by atoms with E-state index >= 15 is 0 Å². The Morgan fingerprint density at radius 3 is 2.10 bits per heavy atom. The van der Waals surface area contributed by atoms with Crippen LogP contribution in [0.4, 0.5) is 0 Å². The van der Waals surface area contributed by atoms with Crippen LogP contribution in [0.3, 0.4) is 0 Å². The van der Waals surface area contributed by atoms with Gasteiger partial charge in [0.1, 0.15) is 0 Å². The molecule has 62 valence electrons. The van der Waals surface area contributed by atoms with Crippen molar-refractivity contribution >= 4 is 18.3 Å². The molecule has 0 bridgehead atoms.